The highest BCUT2D eigenvalue weighted by Gasteiger charge is 2.60. The Labute approximate surface area is 214 Å². The largest absolute Gasteiger partial charge is 0.416 e. The molecule has 0 bridgehead atoms. The molecule has 1 amide bonds. The number of amides is 1. The van der Waals surface area contributed by atoms with Crippen LogP contribution < -0.4 is 9.91 Å². The number of carbonyl (C=O) groups is 1. The number of carbonyl (C=O) groups excluding carboxylic acids is 1. The van der Waals surface area contributed by atoms with Crippen LogP contribution >= 0.6 is 0 Å². The summed E-state index contributed by atoms with van der Waals surface area (Å²) in [7, 11) is 0. The maximum atomic E-state index is 14.3. The average molecular weight is 504 g/mol. The Kier molecular flexibility index (Phi) is 5.62. The number of anilines is 2. The van der Waals surface area contributed by atoms with Crippen molar-refractivity contribution in [2.45, 2.75) is 44.8 Å². The topological polar surface area (TPSA) is 35.9 Å². The van der Waals surface area contributed by atoms with Gasteiger partial charge in [-0.3, -0.25) is 4.79 Å². The molecule has 3 aromatic carbocycles. The molecule has 3 aliphatic rings. The quantitative estimate of drug-likeness (QED) is 0.409. The van der Waals surface area contributed by atoms with E-state index in [2.05, 4.69) is 17.0 Å². The van der Waals surface area contributed by atoms with Crippen molar-refractivity contribution in [1.82, 2.24) is 0 Å². The molecule has 7 heteroatoms. The number of para-hydroxylation sites is 1. The van der Waals surface area contributed by atoms with E-state index < -0.39 is 17.2 Å². The summed E-state index contributed by atoms with van der Waals surface area (Å²) >= 11 is 0. The van der Waals surface area contributed by atoms with Gasteiger partial charge in [-0.05, 0) is 80.0 Å². The molecule has 3 aromatic rings. The van der Waals surface area contributed by atoms with Gasteiger partial charge in [0, 0.05) is 18.3 Å². The highest BCUT2D eigenvalue weighted by atomic mass is 19.4. The first kappa shape index (κ1) is 23.8. The molecule has 3 heterocycles. The molecule has 1 fully saturated rings. The predicted molar refractivity (Wildman–Crippen MR) is 139 cm³/mol. The number of alkyl halides is 3. The van der Waals surface area contributed by atoms with Gasteiger partial charge in [-0.1, -0.05) is 48.5 Å². The van der Waals surface area contributed by atoms with Crippen molar-refractivity contribution in [3.8, 4) is 0 Å². The number of hydrogen-bond donors (Lipinski definition) is 0. The molecule has 0 N–H and O–H groups in total. The normalized spacial score (nSPS) is 25.2. The zero-order valence-electron chi connectivity index (χ0n) is 20.6. The van der Waals surface area contributed by atoms with Crippen molar-refractivity contribution in [2.75, 3.05) is 16.5 Å². The Morgan fingerprint density at radius 3 is 2.41 bits per heavy atom. The van der Waals surface area contributed by atoms with Gasteiger partial charge in [0.25, 0.3) is 5.91 Å². The summed E-state index contributed by atoms with van der Waals surface area (Å²) in [6.45, 7) is 2.55. The number of nitrogens with zero attached hydrogens (tertiary/aromatic N) is 3. The van der Waals surface area contributed by atoms with Crippen molar-refractivity contribution in [1.29, 1.82) is 0 Å². The summed E-state index contributed by atoms with van der Waals surface area (Å²) in [5.74, 6) is 0.206. The van der Waals surface area contributed by atoms with Gasteiger partial charge in [-0.15, -0.1) is 0 Å². The molecule has 3 atom stereocenters. The summed E-state index contributed by atoms with van der Waals surface area (Å²) in [5.41, 5.74) is 2.27. The SMILES string of the molecule is CC1=NN(c2ccccc2)C(=O)C12Cc1cc(C(F)(F)F)ccc1N1CCC(Cc3ccccc3)CC12. The molecule has 3 aliphatic heterocycles. The smallest absolute Gasteiger partial charge is 0.367 e. The van der Waals surface area contributed by atoms with Gasteiger partial charge < -0.3 is 4.90 Å². The fraction of sp³-hybridized carbons (Fsp3) is 0.333. The third-order valence-corrected chi connectivity index (χ3v) is 8.30. The summed E-state index contributed by atoms with van der Waals surface area (Å²) in [6, 6.07) is 23.4. The van der Waals surface area contributed by atoms with E-state index in [0.717, 1.165) is 31.0 Å². The summed E-state index contributed by atoms with van der Waals surface area (Å²) in [5, 5.41) is 6.16. The molecule has 0 aliphatic carbocycles. The second-order valence-corrected chi connectivity index (χ2v) is 10.4. The van der Waals surface area contributed by atoms with Crippen LogP contribution in [-0.4, -0.2) is 24.2 Å². The van der Waals surface area contributed by atoms with Crippen LogP contribution in [0.3, 0.4) is 0 Å². The fourth-order valence-corrected chi connectivity index (χ4v) is 6.49. The second-order valence-electron chi connectivity index (χ2n) is 10.4. The highest BCUT2D eigenvalue weighted by molar-refractivity contribution is 6.20. The van der Waals surface area contributed by atoms with Crippen molar-refractivity contribution in [3.05, 3.63) is 95.6 Å². The minimum atomic E-state index is -4.44. The summed E-state index contributed by atoms with van der Waals surface area (Å²) < 4.78 is 40.9. The number of hydrogen-bond acceptors (Lipinski definition) is 3. The molecule has 0 radical (unpaired) electrons. The van der Waals surface area contributed by atoms with Crippen LogP contribution in [0.15, 0.2) is 84.0 Å². The van der Waals surface area contributed by atoms with Crippen molar-refractivity contribution in [2.24, 2.45) is 16.4 Å². The number of fused-ring (bicyclic) bond motifs is 4. The minimum absolute atomic E-state index is 0.158. The van der Waals surface area contributed by atoms with Crippen LogP contribution in [0.4, 0.5) is 24.5 Å². The molecular formula is C30H28F3N3O. The predicted octanol–water partition coefficient (Wildman–Crippen LogP) is 6.50. The Bertz CT molecular complexity index is 1360. The van der Waals surface area contributed by atoms with E-state index in [9.17, 15) is 18.0 Å². The zero-order chi connectivity index (χ0) is 25.8. The highest BCUT2D eigenvalue weighted by Crippen LogP contribution is 2.51. The number of hydrazone groups is 1. The van der Waals surface area contributed by atoms with Crippen molar-refractivity contribution < 1.29 is 18.0 Å². The van der Waals surface area contributed by atoms with Gasteiger partial charge in [0.1, 0.15) is 5.41 Å². The van der Waals surface area contributed by atoms with Gasteiger partial charge in [0.15, 0.2) is 0 Å². The minimum Gasteiger partial charge on any atom is -0.367 e. The Hall–Kier alpha value is -3.61. The van der Waals surface area contributed by atoms with E-state index in [4.69, 9.17) is 5.10 Å². The third kappa shape index (κ3) is 3.92. The maximum Gasteiger partial charge on any atom is 0.416 e. The first-order chi connectivity index (χ1) is 17.8. The standard InChI is InChI=1S/C30H28F3N3O/c1-20-29(28(37)36(34-20)25-10-6-3-7-11-25)19-23-18-24(30(31,32)33)12-13-26(23)35-15-14-22(17-27(29)35)16-21-8-4-2-5-9-21/h2-13,18,22,27H,14-17,19H2,1H3. The van der Waals surface area contributed by atoms with Crippen LogP contribution in [-0.2, 0) is 23.8 Å². The molecule has 4 nitrogen and oxygen atoms in total. The maximum absolute atomic E-state index is 14.3. The Morgan fingerprint density at radius 2 is 1.70 bits per heavy atom. The summed E-state index contributed by atoms with van der Waals surface area (Å²) in [6.07, 6.45) is -1.64. The lowest BCUT2D eigenvalue weighted by Crippen LogP contribution is -2.62. The fourth-order valence-electron chi connectivity index (χ4n) is 6.49. The van der Waals surface area contributed by atoms with Gasteiger partial charge in [0.2, 0.25) is 0 Å². The van der Waals surface area contributed by atoms with E-state index in [1.807, 2.05) is 55.5 Å². The zero-order valence-corrected chi connectivity index (χ0v) is 20.6. The molecule has 0 saturated carbocycles. The van der Waals surface area contributed by atoms with Gasteiger partial charge in [-0.2, -0.15) is 23.3 Å². The van der Waals surface area contributed by atoms with Crippen LogP contribution in [0, 0.1) is 11.3 Å². The Balaban J connectivity index is 1.43. The average Bonchev–Trinajstić information content (AvgIpc) is 3.14. The van der Waals surface area contributed by atoms with Crippen LogP contribution in [0.25, 0.3) is 0 Å². The van der Waals surface area contributed by atoms with E-state index in [1.54, 1.807) is 6.07 Å². The van der Waals surface area contributed by atoms with E-state index >= 15 is 0 Å². The molecule has 0 aromatic heterocycles. The number of piperidine rings is 1. The Morgan fingerprint density at radius 1 is 1.00 bits per heavy atom. The molecule has 190 valence electrons. The van der Waals surface area contributed by atoms with E-state index in [0.29, 0.717) is 29.4 Å². The van der Waals surface area contributed by atoms with Crippen molar-refractivity contribution in [3.63, 3.8) is 0 Å². The molecule has 1 spiro atoms. The lowest BCUT2D eigenvalue weighted by atomic mass is 9.63. The second kappa shape index (κ2) is 8.75. The first-order valence-electron chi connectivity index (χ1n) is 12.7. The number of halogens is 3. The van der Waals surface area contributed by atoms with Gasteiger partial charge >= 0.3 is 6.18 Å². The third-order valence-electron chi connectivity index (χ3n) is 8.30. The van der Waals surface area contributed by atoms with Crippen LogP contribution in [0.2, 0.25) is 0 Å². The lowest BCUT2D eigenvalue weighted by molar-refractivity contribution is -0.137. The summed E-state index contributed by atoms with van der Waals surface area (Å²) in [4.78, 5) is 16.5. The van der Waals surface area contributed by atoms with Crippen LogP contribution in [0.5, 0.6) is 0 Å². The van der Waals surface area contributed by atoms with Crippen LogP contribution in [0.1, 0.15) is 36.5 Å². The van der Waals surface area contributed by atoms with Gasteiger partial charge in [-0.25, -0.2) is 0 Å². The molecular weight excluding hydrogens is 475 g/mol. The number of benzene rings is 3. The van der Waals surface area contributed by atoms with E-state index in [-0.39, 0.29) is 18.4 Å². The monoisotopic (exact) mass is 503 g/mol. The molecule has 1 saturated heterocycles. The first-order valence-corrected chi connectivity index (χ1v) is 12.7. The molecule has 37 heavy (non-hydrogen) atoms. The number of rotatable bonds is 3. The van der Waals surface area contributed by atoms with Crippen molar-refractivity contribution >= 4 is 23.0 Å². The van der Waals surface area contributed by atoms with E-state index in [1.165, 1.54) is 16.6 Å². The lowest BCUT2D eigenvalue weighted by Gasteiger charge is -2.52. The van der Waals surface area contributed by atoms with Gasteiger partial charge in [0.05, 0.1) is 17.0 Å². The molecule has 3 unspecified atom stereocenters. The molecule has 6 rings (SSSR count).